The summed E-state index contributed by atoms with van der Waals surface area (Å²) in [6, 6.07) is 5.70. The first-order valence-corrected chi connectivity index (χ1v) is 3.28. The largest absolute Gasteiger partial charge is 0.357 e. The third-order valence-electron chi connectivity index (χ3n) is 1.27. The van der Waals surface area contributed by atoms with Gasteiger partial charge in [0, 0.05) is 12.1 Å². The molecule has 4 nitrogen and oxygen atoms in total. The second-order valence-electron chi connectivity index (χ2n) is 2.18. The molecule has 0 aliphatic carbocycles. The number of nitrogens with zero attached hydrogens (tertiary/aromatic N) is 1. The zero-order chi connectivity index (χ0) is 8.10. The molecule has 0 atom stereocenters. The van der Waals surface area contributed by atoms with Crippen LogP contribution in [0.2, 0.25) is 0 Å². The molecule has 4 N–H and O–H groups in total. The Labute approximate surface area is 64.6 Å². The molecule has 0 saturated carbocycles. The van der Waals surface area contributed by atoms with Crippen LogP contribution < -0.4 is 15.5 Å². The van der Waals surface area contributed by atoms with E-state index in [1.807, 2.05) is 40.3 Å². The number of hydrogen-bond acceptors (Lipinski definition) is 1. The van der Waals surface area contributed by atoms with Crippen LogP contribution in [0.15, 0.2) is 30.6 Å². The molecule has 58 valence electrons. The summed E-state index contributed by atoms with van der Waals surface area (Å²) in [5.41, 5.74) is 5.34. The van der Waals surface area contributed by atoms with Crippen LogP contribution in [0.3, 0.4) is 0 Å². The molecule has 0 bridgehead atoms. The summed E-state index contributed by atoms with van der Waals surface area (Å²) in [5.74, 6) is 0.321. The molecule has 0 spiro atoms. The summed E-state index contributed by atoms with van der Waals surface area (Å²) in [4.78, 5) is 0. The number of pyridine rings is 1. The Bertz CT molecular complexity index is 245. The van der Waals surface area contributed by atoms with E-state index in [1.165, 1.54) is 0 Å². The monoisotopic (exact) mass is 153 g/mol. The van der Waals surface area contributed by atoms with Crippen molar-refractivity contribution in [3.8, 4) is 0 Å². The molecule has 0 aliphatic heterocycles. The van der Waals surface area contributed by atoms with Crippen molar-refractivity contribution in [3.63, 3.8) is 0 Å². The lowest BCUT2D eigenvalue weighted by molar-refractivity contribution is -0.753. The lowest BCUT2D eigenvalue weighted by Crippen LogP contribution is -2.74. The van der Waals surface area contributed by atoms with Gasteiger partial charge in [-0.05, 0) is 0 Å². The van der Waals surface area contributed by atoms with Crippen molar-refractivity contribution < 1.29 is 14.9 Å². The second-order valence-corrected chi connectivity index (χ2v) is 2.18. The number of amidine groups is 1. The average Bonchev–Trinajstić information content (AvgIpc) is 2.06. The Morgan fingerprint density at radius 2 is 2.00 bits per heavy atom. The fourth-order valence-electron chi connectivity index (χ4n) is 0.772. The maximum atomic E-state index is 8.37. The van der Waals surface area contributed by atoms with Gasteiger partial charge in [0.2, 0.25) is 0 Å². The van der Waals surface area contributed by atoms with Gasteiger partial charge >= 0.3 is 5.84 Å². The number of nitrogens with two attached hydrogens (primary N) is 1. The third kappa shape index (κ3) is 2.25. The quantitative estimate of drug-likeness (QED) is 0.148. The van der Waals surface area contributed by atoms with E-state index in [-0.39, 0.29) is 0 Å². The minimum Gasteiger partial charge on any atom is -0.357 e. The molecule has 11 heavy (non-hydrogen) atoms. The maximum absolute atomic E-state index is 8.37. The van der Waals surface area contributed by atoms with Crippen LogP contribution in [0.25, 0.3) is 0 Å². The van der Waals surface area contributed by atoms with E-state index in [2.05, 4.69) is 0 Å². The summed E-state index contributed by atoms with van der Waals surface area (Å²) in [6.45, 7) is 0.470. The molecule has 0 aliphatic rings. The number of rotatable bonds is 2. The molecule has 0 fully saturated rings. The minimum absolute atomic E-state index is 0.321. The van der Waals surface area contributed by atoms with Gasteiger partial charge in [-0.1, -0.05) is 11.2 Å². The molecule has 1 aromatic rings. The van der Waals surface area contributed by atoms with Gasteiger partial charge in [0.1, 0.15) is 0 Å². The molecule has 1 heterocycles. The third-order valence-corrected chi connectivity index (χ3v) is 1.27. The van der Waals surface area contributed by atoms with E-state index < -0.39 is 0 Å². The highest BCUT2D eigenvalue weighted by molar-refractivity contribution is 5.72. The fourth-order valence-corrected chi connectivity index (χ4v) is 0.772. The highest BCUT2D eigenvalue weighted by atomic mass is 16.4. The molecule has 0 saturated heterocycles. The van der Waals surface area contributed by atoms with Gasteiger partial charge in [-0.15, -0.1) is 0 Å². The van der Waals surface area contributed by atoms with Crippen LogP contribution in [-0.2, 0) is 6.54 Å². The Balaban J connectivity index is 2.65. The Morgan fingerprint density at radius 1 is 1.36 bits per heavy atom. The van der Waals surface area contributed by atoms with Crippen molar-refractivity contribution in [2.75, 3.05) is 0 Å². The smallest absolute Gasteiger partial charge is 0.345 e. The predicted octanol–water partition coefficient (Wildman–Crippen LogP) is -2.20. The molecule has 0 radical (unpaired) electrons. The maximum Gasteiger partial charge on any atom is 0.345 e. The Kier molecular flexibility index (Phi) is 2.43. The van der Waals surface area contributed by atoms with Crippen molar-refractivity contribution in [3.05, 3.63) is 30.6 Å². The van der Waals surface area contributed by atoms with Crippen LogP contribution >= 0.6 is 0 Å². The van der Waals surface area contributed by atoms with Crippen LogP contribution in [0.1, 0.15) is 0 Å². The van der Waals surface area contributed by atoms with Crippen molar-refractivity contribution in [1.82, 2.24) is 0 Å². The van der Waals surface area contributed by atoms with Gasteiger partial charge in [-0.2, -0.15) is 4.57 Å². The van der Waals surface area contributed by atoms with Gasteiger partial charge in [0.15, 0.2) is 12.4 Å². The van der Waals surface area contributed by atoms with Crippen LogP contribution in [0.5, 0.6) is 0 Å². The summed E-state index contributed by atoms with van der Waals surface area (Å²) in [7, 11) is 0. The topological polar surface area (TPSA) is 64.1 Å². The van der Waals surface area contributed by atoms with Gasteiger partial charge in [-0.3, -0.25) is 5.73 Å². The number of nitrogens with one attached hydrogen (secondary N) is 1. The zero-order valence-electron chi connectivity index (χ0n) is 6.07. The number of aromatic nitrogens is 1. The summed E-state index contributed by atoms with van der Waals surface area (Å²) in [5, 5.41) is 10.3. The molecule has 4 heteroatoms. The van der Waals surface area contributed by atoms with E-state index in [1.54, 1.807) is 0 Å². The molecular formula is C7H11N3O+2. The van der Waals surface area contributed by atoms with Gasteiger partial charge < -0.3 is 5.21 Å². The molecule has 1 rings (SSSR count). The Hall–Kier alpha value is -1.58. The lowest BCUT2D eigenvalue weighted by atomic mass is 10.4. The van der Waals surface area contributed by atoms with Crippen molar-refractivity contribution in [2.24, 2.45) is 5.73 Å². The first-order chi connectivity index (χ1) is 5.33. The normalized spacial score (nSPS) is 11.5. The van der Waals surface area contributed by atoms with Gasteiger partial charge in [0.25, 0.3) is 6.54 Å². The summed E-state index contributed by atoms with van der Waals surface area (Å²) in [6.07, 6.45) is 3.73. The summed E-state index contributed by atoms with van der Waals surface area (Å²) >= 11 is 0. The SMILES string of the molecule is NC(C[n+]1ccccc1)=[NH+]O. The Morgan fingerprint density at radius 3 is 2.55 bits per heavy atom. The van der Waals surface area contributed by atoms with E-state index in [0.717, 1.165) is 0 Å². The van der Waals surface area contributed by atoms with Crippen molar-refractivity contribution in [1.29, 1.82) is 0 Å². The minimum atomic E-state index is 0.321. The van der Waals surface area contributed by atoms with E-state index >= 15 is 0 Å². The van der Waals surface area contributed by atoms with Crippen molar-refractivity contribution in [2.45, 2.75) is 6.54 Å². The lowest BCUT2D eigenvalue weighted by Gasteiger charge is -1.88. The first-order valence-electron chi connectivity index (χ1n) is 3.28. The molecular weight excluding hydrogens is 142 g/mol. The highest BCUT2D eigenvalue weighted by Gasteiger charge is 2.05. The van der Waals surface area contributed by atoms with E-state index in [4.69, 9.17) is 10.9 Å². The zero-order valence-corrected chi connectivity index (χ0v) is 6.07. The number of hydrogen-bond donors (Lipinski definition) is 3. The first kappa shape index (κ1) is 7.53. The van der Waals surface area contributed by atoms with Crippen LogP contribution in [-0.4, -0.2) is 11.0 Å². The molecule has 0 amide bonds. The molecule has 1 aromatic heterocycles. The average molecular weight is 153 g/mol. The van der Waals surface area contributed by atoms with Crippen LogP contribution in [0, 0.1) is 0 Å². The van der Waals surface area contributed by atoms with Crippen LogP contribution in [0.4, 0.5) is 0 Å². The summed E-state index contributed by atoms with van der Waals surface area (Å²) < 4.78 is 1.85. The standard InChI is InChI=1S/C7H9N3O/c8-7(9-11)6-10-4-2-1-3-5-10/h1-5H,6H2,(H2-,8,9,11)/p+2. The van der Waals surface area contributed by atoms with Crippen molar-refractivity contribution >= 4 is 5.84 Å². The van der Waals surface area contributed by atoms with E-state index in [9.17, 15) is 0 Å². The fraction of sp³-hybridized carbons (Fsp3) is 0.143. The highest BCUT2D eigenvalue weighted by Crippen LogP contribution is 1.74. The van der Waals surface area contributed by atoms with Gasteiger partial charge in [0.05, 0.1) is 0 Å². The molecule has 0 unspecified atom stereocenters. The predicted molar refractivity (Wildman–Crippen MR) is 38.6 cm³/mol. The van der Waals surface area contributed by atoms with Gasteiger partial charge in [-0.25, -0.2) is 0 Å². The second kappa shape index (κ2) is 3.55. The van der Waals surface area contributed by atoms with E-state index in [0.29, 0.717) is 12.4 Å². The molecule has 0 aromatic carbocycles.